The molecule has 0 amide bonds. The van der Waals surface area contributed by atoms with Crippen molar-refractivity contribution in [2.24, 2.45) is 0 Å². The van der Waals surface area contributed by atoms with Crippen LogP contribution in [0, 0.1) is 12.7 Å². The van der Waals surface area contributed by atoms with Crippen LogP contribution in [0.1, 0.15) is 17.2 Å². The Morgan fingerprint density at radius 2 is 2.05 bits per heavy atom. The van der Waals surface area contributed by atoms with Gasteiger partial charge in [-0.1, -0.05) is 12.1 Å². The molecule has 0 aliphatic rings. The SMILES string of the molecule is Cc1cnc(Cl)nc1NC(CO)c1ccc(F)cc1. The molecule has 100 valence electrons. The van der Waals surface area contributed by atoms with E-state index < -0.39 is 0 Å². The van der Waals surface area contributed by atoms with E-state index in [0.29, 0.717) is 5.82 Å². The Bertz CT molecular complexity index is 562. The lowest BCUT2D eigenvalue weighted by atomic mass is 10.1. The largest absolute Gasteiger partial charge is 0.394 e. The number of aryl methyl sites for hydroxylation is 1. The average molecular weight is 282 g/mol. The Hall–Kier alpha value is -1.72. The third kappa shape index (κ3) is 3.39. The average Bonchev–Trinajstić information content (AvgIpc) is 2.41. The number of aliphatic hydroxyl groups excluding tert-OH is 1. The molecule has 1 aromatic heterocycles. The van der Waals surface area contributed by atoms with E-state index >= 15 is 0 Å². The molecule has 2 rings (SSSR count). The first-order valence-corrected chi connectivity index (χ1v) is 6.10. The Morgan fingerprint density at radius 3 is 2.68 bits per heavy atom. The van der Waals surface area contributed by atoms with Gasteiger partial charge in [0.05, 0.1) is 12.6 Å². The summed E-state index contributed by atoms with van der Waals surface area (Å²) >= 11 is 5.74. The van der Waals surface area contributed by atoms with Gasteiger partial charge in [0.25, 0.3) is 0 Å². The monoisotopic (exact) mass is 281 g/mol. The molecule has 0 fully saturated rings. The first-order valence-electron chi connectivity index (χ1n) is 5.72. The molecule has 2 aromatic rings. The molecular weight excluding hydrogens is 269 g/mol. The molecule has 1 heterocycles. The predicted molar refractivity (Wildman–Crippen MR) is 71.6 cm³/mol. The molecule has 1 unspecified atom stereocenters. The fraction of sp³-hybridized carbons (Fsp3) is 0.231. The molecule has 1 atom stereocenters. The smallest absolute Gasteiger partial charge is 0.224 e. The van der Waals surface area contributed by atoms with Crippen molar-refractivity contribution in [1.29, 1.82) is 0 Å². The molecule has 2 N–H and O–H groups in total. The molecule has 6 heteroatoms. The highest BCUT2D eigenvalue weighted by Gasteiger charge is 2.13. The van der Waals surface area contributed by atoms with E-state index in [-0.39, 0.29) is 23.7 Å². The maximum Gasteiger partial charge on any atom is 0.224 e. The van der Waals surface area contributed by atoms with Crippen LogP contribution in [-0.4, -0.2) is 21.7 Å². The minimum Gasteiger partial charge on any atom is -0.394 e. The van der Waals surface area contributed by atoms with E-state index in [2.05, 4.69) is 15.3 Å². The van der Waals surface area contributed by atoms with Gasteiger partial charge in [0.15, 0.2) is 0 Å². The summed E-state index contributed by atoms with van der Waals surface area (Å²) in [6.45, 7) is 1.68. The van der Waals surface area contributed by atoms with Crippen LogP contribution >= 0.6 is 11.6 Å². The third-order valence-electron chi connectivity index (χ3n) is 2.71. The quantitative estimate of drug-likeness (QED) is 0.846. The molecule has 4 nitrogen and oxygen atoms in total. The van der Waals surface area contributed by atoms with E-state index in [0.717, 1.165) is 11.1 Å². The number of aliphatic hydroxyl groups is 1. The molecule has 19 heavy (non-hydrogen) atoms. The number of rotatable bonds is 4. The second-order valence-corrected chi connectivity index (χ2v) is 4.44. The number of halogens is 2. The molecule has 0 aliphatic heterocycles. The minimum atomic E-state index is -0.384. The van der Waals surface area contributed by atoms with Crippen molar-refractivity contribution in [2.75, 3.05) is 11.9 Å². The number of nitrogens with zero attached hydrogens (tertiary/aromatic N) is 2. The minimum absolute atomic E-state index is 0.129. The van der Waals surface area contributed by atoms with Crippen LogP contribution < -0.4 is 5.32 Å². The van der Waals surface area contributed by atoms with Crippen molar-refractivity contribution in [3.05, 3.63) is 52.7 Å². The van der Waals surface area contributed by atoms with Gasteiger partial charge < -0.3 is 10.4 Å². The van der Waals surface area contributed by atoms with E-state index in [4.69, 9.17) is 11.6 Å². The standard InChI is InChI=1S/C13H13ClFN3O/c1-8-6-16-13(14)18-12(8)17-11(7-19)9-2-4-10(15)5-3-9/h2-6,11,19H,7H2,1H3,(H,16,17,18). The van der Waals surface area contributed by atoms with Crippen molar-refractivity contribution >= 4 is 17.4 Å². The summed E-state index contributed by atoms with van der Waals surface area (Å²) in [7, 11) is 0. The van der Waals surface area contributed by atoms with Gasteiger partial charge in [-0.2, -0.15) is 0 Å². The van der Waals surface area contributed by atoms with E-state index in [1.807, 2.05) is 6.92 Å². The number of aromatic nitrogens is 2. The predicted octanol–water partition coefficient (Wildman–Crippen LogP) is 2.72. The molecule has 0 spiro atoms. The maximum absolute atomic E-state index is 12.9. The van der Waals surface area contributed by atoms with Gasteiger partial charge in [-0.3, -0.25) is 0 Å². The zero-order valence-electron chi connectivity index (χ0n) is 10.3. The zero-order valence-corrected chi connectivity index (χ0v) is 11.0. The highest BCUT2D eigenvalue weighted by Crippen LogP contribution is 2.21. The number of nitrogens with one attached hydrogen (secondary N) is 1. The summed E-state index contributed by atoms with van der Waals surface area (Å²) in [5.41, 5.74) is 1.57. The fourth-order valence-corrected chi connectivity index (χ4v) is 1.79. The first kappa shape index (κ1) is 13.7. The molecule has 0 aliphatic carbocycles. The van der Waals surface area contributed by atoms with Crippen molar-refractivity contribution in [2.45, 2.75) is 13.0 Å². The van der Waals surface area contributed by atoms with Crippen LogP contribution in [-0.2, 0) is 0 Å². The number of hydrogen-bond donors (Lipinski definition) is 2. The third-order valence-corrected chi connectivity index (χ3v) is 2.89. The first-order chi connectivity index (χ1) is 9.10. The number of benzene rings is 1. The highest BCUT2D eigenvalue weighted by molar-refractivity contribution is 6.28. The highest BCUT2D eigenvalue weighted by atomic mass is 35.5. The van der Waals surface area contributed by atoms with Gasteiger partial charge in [0.1, 0.15) is 11.6 Å². The van der Waals surface area contributed by atoms with Crippen LogP contribution in [0.2, 0.25) is 5.28 Å². The summed E-state index contributed by atoms with van der Waals surface area (Å²) in [4.78, 5) is 7.92. The Balaban J connectivity index is 2.23. The summed E-state index contributed by atoms with van der Waals surface area (Å²) in [5, 5.41) is 12.6. The van der Waals surface area contributed by atoms with Crippen LogP contribution in [0.5, 0.6) is 0 Å². The van der Waals surface area contributed by atoms with Crippen molar-refractivity contribution < 1.29 is 9.50 Å². The molecule has 0 saturated heterocycles. The van der Waals surface area contributed by atoms with E-state index in [1.54, 1.807) is 18.3 Å². The molecule has 0 radical (unpaired) electrons. The van der Waals surface area contributed by atoms with Crippen LogP contribution in [0.25, 0.3) is 0 Å². The Labute approximate surface area is 115 Å². The summed E-state index contributed by atoms with van der Waals surface area (Å²) in [6, 6.07) is 5.53. The van der Waals surface area contributed by atoms with Crippen molar-refractivity contribution in [3.63, 3.8) is 0 Å². The second kappa shape index (κ2) is 5.95. The summed E-state index contributed by atoms with van der Waals surface area (Å²) < 4.78 is 12.9. The van der Waals surface area contributed by atoms with E-state index in [1.165, 1.54) is 12.1 Å². The molecule has 0 saturated carbocycles. The lowest BCUT2D eigenvalue weighted by Crippen LogP contribution is -2.16. The van der Waals surface area contributed by atoms with Gasteiger partial charge in [-0.05, 0) is 36.2 Å². The van der Waals surface area contributed by atoms with Crippen molar-refractivity contribution in [3.8, 4) is 0 Å². The van der Waals surface area contributed by atoms with Gasteiger partial charge in [0, 0.05) is 11.8 Å². The Kier molecular flexibility index (Phi) is 4.29. The molecule has 0 bridgehead atoms. The van der Waals surface area contributed by atoms with Crippen LogP contribution in [0.15, 0.2) is 30.5 Å². The lowest BCUT2D eigenvalue weighted by Gasteiger charge is -2.18. The number of hydrogen-bond acceptors (Lipinski definition) is 4. The van der Waals surface area contributed by atoms with Gasteiger partial charge >= 0.3 is 0 Å². The Morgan fingerprint density at radius 1 is 1.37 bits per heavy atom. The summed E-state index contributed by atoms with van der Waals surface area (Å²) in [5.74, 6) is 0.227. The van der Waals surface area contributed by atoms with Gasteiger partial charge in [-0.15, -0.1) is 0 Å². The number of anilines is 1. The topological polar surface area (TPSA) is 58.0 Å². The molecular formula is C13H13ClFN3O. The fourth-order valence-electron chi connectivity index (χ4n) is 1.66. The van der Waals surface area contributed by atoms with Gasteiger partial charge in [-0.25, -0.2) is 14.4 Å². The van der Waals surface area contributed by atoms with Crippen LogP contribution in [0.4, 0.5) is 10.2 Å². The van der Waals surface area contributed by atoms with Crippen LogP contribution in [0.3, 0.4) is 0 Å². The van der Waals surface area contributed by atoms with Gasteiger partial charge in [0.2, 0.25) is 5.28 Å². The zero-order chi connectivity index (χ0) is 13.8. The van der Waals surface area contributed by atoms with E-state index in [9.17, 15) is 9.50 Å². The van der Waals surface area contributed by atoms with Crippen molar-refractivity contribution in [1.82, 2.24) is 9.97 Å². The maximum atomic E-state index is 12.9. The second-order valence-electron chi connectivity index (χ2n) is 4.10. The lowest BCUT2D eigenvalue weighted by molar-refractivity contribution is 0.276. The normalized spacial score (nSPS) is 12.2. The summed E-state index contributed by atoms with van der Waals surface area (Å²) in [6.07, 6.45) is 1.59. The molecule has 1 aromatic carbocycles.